The molecule has 0 radical (unpaired) electrons. The van der Waals surface area contributed by atoms with E-state index in [1.165, 1.54) is 7.11 Å². The summed E-state index contributed by atoms with van der Waals surface area (Å²) in [6.45, 7) is 4.55. The lowest BCUT2D eigenvalue weighted by Gasteiger charge is -2.15. The van der Waals surface area contributed by atoms with E-state index in [0.29, 0.717) is 40.5 Å². The van der Waals surface area contributed by atoms with Crippen molar-refractivity contribution in [2.24, 2.45) is 5.92 Å². The SMILES string of the molecule is COC(=O)c1c(OCC(C)C)nc(-c2ccc(Cl)cc2)nc1C1CC1. The van der Waals surface area contributed by atoms with Crippen molar-refractivity contribution in [3.8, 4) is 17.3 Å². The summed E-state index contributed by atoms with van der Waals surface area (Å²) < 4.78 is 10.8. The fourth-order valence-electron chi connectivity index (χ4n) is 2.48. The van der Waals surface area contributed by atoms with Gasteiger partial charge in [0, 0.05) is 16.5 Å². The lowest BCUT2D eigenvalue weighted by molar-refractivity contribution is 0.0592. The third kappa shape index (κ3) is 4.10. The quantitative estimate of drug-likeness (QED) is 0.710. The van der Waals surface area contributed by atoms with Gasteiger partial charge in [0.05, 0.1) is 19.4 Å². The number of esters is 1. The van der Waals surface area contributed by atoms with Crippen LogP contribution in [-0.4, -0.2) is 29.7 Å². The minimum absolute atomic E-state index is 0.254. The van der Waals surface area contributed by atoms with E-state index < -0.39 is 5.97 Å². The van der Waals surface area contributed by atoms with Crippen LogP contribution in [0.15, 0.2) is 24.3 Å². The first-order valence-electron chi connectivity index (χ1n) is 8.38. The Labute approximate surface area is 152 Å². The summed E-state index contributed by atoms with van der Waals surface area (Å²) in [5.74, 6) is 0.934. The Morgan fingerprint density at radius 2 is 1.92 bits per heavy atom. The predicted octanol–water partition coefficient (Wildman–Crippen LogP) is 4.50. The van der Waals surface area contributed by atoms with Gasteiger partial charge in [-0.25, -0.2) is 9.78 Å². The van der Waals surface area contributed by atoms with Crippen molar-refractivity contribution in [3.63, 3.8) is 0 Å². The van der Waals surface area contributed by atoms with Gasteiger partial charge in [-0.1, -0.05) is 25.4 Å². The monoisotopic (exact) mass is 360 g/mol. The van der Waals surface area contributed by atoms with Crippen molar-refractivity contribution in [1.29, 1.82) is 0 Å². The van der Waals surface area contributed by atoms with Crippen molar-refractivity contribution in [2.75, 3.05) is 13.7 Å². The van der Waals surface area contributed by atoms with Gasteiger partial charge in [0.2, 0.25) is 5.88 Å². The number of benzene rings is 1. The maximum atomic E-state index is 12.3. The van der Waals surface area contributed by atoms with Crippen molar-refractivity contribution in [1.82, 2.24) is 9.97 Å². The van der Waals surface area contributed by atoms with Crippen LogP contribution in [0, 0.1) is 5.92 Å². The maximum absolute atomic E-state index is 12.3. The highest BCUT2D eigenvalue weighted by Crippen LogP contribution is 2.43. The molecule has 132 valence electrons. The third-order valence-electron chi connectivity index (χ3n) is 3.91. The van der Waals surface area contributed by atoms with E-state index in [-0.39, 0.29) is 5.92 Å². The number of rotatable bonds is 6. The van der Waals surface area contributed by atoms with Crippen LogP contribution >= 0.6 is 11.6 Å². The Morgan fingerprint density at radius 1 is 1.24 bits per heavy atom. The molecular weight excluding hydrogens is 340 g/mol. The lowest BCUT2D eigenvalue weighted by atomic mass is 10.1. The van der Waals surface area contributed by atoms with E-state index in [2.05, 4.69) is 9.97 Å². The largest absolute Gasteiger partial charge is 0.477 e. The van der Waals surface area contributed by atoms with Gasteiger partial charge in [0.15, 0.2) is 5.82 Å². The van der Waals surface area contributed by atoms with Gasteiger partial charge in [-0.2, -0.15) is 4.98 Å². The summed E-state index contributed by atoms with van der Waals surface area (Å²) >= 11 is 5.97. The van der Waals surface area contributed by atoms with E-state index in [4.69, 9.17) is 21.1 Å². The first-order chi connectivity index (χ1) is 12.0. The molecular formula is C19H21ClN2O3. The van der Waals surface area contributed by atoms with E-state index >= 15 is 0 Å². The van der Waals surface area contributed by atoms with Crippen LogP contribution in [0.4, 0.5) is 0 Å². The van der Waals surface area contributed by atoms with Gasteiger partial charge in [0.1, 0.15) is 5.56 Å². The Bertz CT molecular complexity index is 771. The lowest BCUT2D eigenvalue weighted by Crippen LogP contribution is -2.15. The van der Waals surface area contributed by atoms with Gasteiger partial charge in [-0.3, -0.25) is 0 Å². The van der Waals surface area contributed by atoms with Crippen LogP contribution in [0.2, 0.25) is 5.02 Å². The second kappa shape index (κ2) is 7.40. The number of nitrogens with zero attached hydrogens (tertiary/aromatic N) is 2. The number of hydrogen-bond acceptors (Lipinski definition) is 5. The highest BCUT2D eigenvalue weighted by molar-refractivity contribution is 6.30. The van der Waals surface area contributed by atoms with E-state index in [1.807, 2.05) is 26.0 Å². The van der Waals surface area contributed by atoms with Gasteiger partial charge in [-0.05, 0) is 43.0 Å². The molecule has 1 aromatic carbocycles. The normalized spacial score (nSPS) is 13.8. The molecule has 6 heteroatoms. The minimum atomic E-state index is -0.455. The third-order valence-corrected chi connectivity index (χ3v) is 4.17. The number of halogens is 1. The highest BCUT2D eigenvalue weighted by Gasteiger charge is 2.34. The highest BCUT2D eigenvalue weighted by atomic mass is 35.5. The standard InChI is InChI=1S/C19H21ClN2O3/c1-11(2)10-25-18-15(19(23)24-3)16(12-4-5-12)21-17(22-18)13-6-8-14(20)9-7-13/h6-9,11-12H,4-5,10H2,1-3H3. The molecule has 0 unspecified atom stereocenters. The zero-order valence-electron chi connectivity index (χ0n) is 14.6. The molecule has 0 amide bonds. The maximum Gasteiger partial charge on any atom is 0.345 e. The van der Waals surface area contributed by atoms with Crippen molar-refractivity contribution in [2.45, 2.75) is 32.6 Å². The second-order valence-corrected chi connectivity index (χ2v) is 7.03. The average Bonchev–Trinajstić information content (AvgIpc) is 3.44. The zero-order chi connectivity index (χ0) is 18.0. The molecule has 0 atom stereocenters. The molecule has 1 aliphatic carbocycles. The van der Waals surface area contributed by atoms with Crippen LogP contribution in [-0.2, 0) is 4.74 Å². The predicted molar refractivity (Wildman–Crippen MR) is 96.1 cm³/mol. The average molecular weight is 361 g/mol. The molecule has 5 nitrogen and oxygen atoms in total. The van der Waals surface area contributed by atoms with Gasteiger partial charge >= 0.3 is 5.97 Å². The molecule has 0 aliphatic heterocycles. The van der Waals surface area contributed by atoms with Crippen molar-refractivity contribution < 1.29 is 14.3 Å². The Balaban J connectivity index is 2.10. The zero-order valence-corrected chi connectivity index (χ0v) is 15.3. The molecule has 0 spiro atoms. The van der Waals surface area contributed by atoms with Crippen LogP contribution in [0.1, 0.15) is 48.7 Å². The smallest absolute Gasteiger partial charge is 0.345 e. The fraction of sp³-hybridized carbons (Fsp3) is 0.421. The summed E-state index contributed by atoms with van der Waals surface area (Å²) in [4.78, 5) is 21.5. The number of methoxy groups -OCH3 is 1. The molecule has 2 aromatic rings. The molecule has 1 aliphatic rings. The summed E-state index contributed by atoms with van der Waals surface area (Å²) in [7, 11) is 1.36. The molecule has 1 heterocycles. The topological polar surface area (TPSA) is 61.3 Å². The number of aromatic nitrogens is 2. The molecule has 0 saturated heterocycles. The Morgan fingerprint density at radius 3 is 2.48 bits per heavy atom. The van der Waals surface area contributed by atoms with Crippen LogP contribution < -0.4 is 4.74 Å². The molecule has 25 heavy (non-hydrogen) atoms. The number of carbonyl (C=O) groups is 1. The molecule has 1 saturated carbocycles. The van der Waals surface area contributed by atoms with Crippen molar-refractivity contribution >= 4 is 17.6 Å². The molecule has 3 rings (SSSR count). The van der Waals surface area contributed by atoms with E-state index in [0.717, 1.165) is 18.4 Å². The number of carbonyl (C=O) groups excluding carboxylic acids is 1. The molecule has 0 N–H and O–H groups in total. The van der Waals surface area contributed by atoms with Gasteiger partial charge in [0.25, 0.3) is 0 Å². The molecule has 1 fully saturated rings. The second-order valence-electron chi connectivity index (χ2n) is 6.59. The van der Waals surface area contributed by atoms with E-state index in [1.54, 1.807) is 12.1 Å². The van der Waals surface area contributed by atoms with Crippen LogP contribution in [0.25, 0.3) is 11.4 Å². The number of ether oxygens (including phenoxy) is 2. The molecule has 0 bridgehead atoms. The van der Waals surface area contributed by atoms with Crippen LogP contribution in [0.3, 0.4) is 0 Å². The first kappa shape index (κ1) is 17.7. The number of hydrogen-bond donors (Lipinski definition) is 0. The van der Waals surface area contributed by atoms with Crippen LogP contribution in [0.5, 0.6) is 5.88 Å². The Kier molecular flexibility index (Phi) is 5.23. The summed E-state index contributed by atoms with van der Waals surface area (Å²) in [5.41, 5.74) is 1.89. The Hall–Kier alpha value is -2.14. The molecule has 1 aromatic heterocycles. The van der Waals surface area contributed by atoms with Gasteiger partial charge < -0.3 is 9.47 Å². The summed E-state index contributed by atoms with van der Waals surface area (Å²) in [6, 6.07) is 7.30. The summed E-state index contributed by atoms with van der Waals surface area (Å²) in [5, 5.41) is 0.647. The van der Waals surface area contributed by atoms with E-state index in [9.17, 15) is 4.79 Å². The van der Waals surface area contributed by atoms with Gasteiger partial charge in [-0.15, -0.1) is 0 Å². The first-order valence-corrected chi connectivity index (χ1v) is 8.76. The van der Waals surface area contributed by atoms with Crippen molar-refractivity contribution in [3.05, 3.63) is 40.5 Å². The fourth-order valence-corrected chi connectivity index (χ4v) is 2.61. The summed E-state index contributed by atoms with van der Waals surface area (Å²) in [6.07, 6.45) is 2.01. The minimum Gasteiger partial charge on any atom is -0.477 e.